The Bertz CT molecular complexity index is 546. The summed E-state index contributed by atoms with van der Waals surface area (Å²) in [5.74, 6) is -0.568. The van der Waals surface area contributed by atoms with Crippen molar-refractivity contribution in [2.24, 2.45) is 0 Å². The average molecular weight is 310 g/mol. The smallest absolute Gasteiger partial charge is 0.262 e. The molecule has 1 saturated carbocycles. The molecule has 1 aromatic rings. The van der Waals surface area contributed by atoms with Gasteiger partial charge in [-0.15, -0.1) is 0 Å². The van der Waals surface area contributed by atoms with E-state index in [1.165, 1.54) is 4.90 Å². The summed E-state index contributed by atoms with van der Waals surface area (Å²) >= 11 is 3.30. The first-order valence-corrected chi connectivity index (χ1v) is 6.68. The zero-order valence-electron chi connectivity index (χ0n) is 9.65. The summed E-state index contributed by atoms with van der Waals surface area (Å²) in [5.41, 5.74) is 0.191. The second kappa shape index (κ2) is 3.90. The van der Waals surface area contributed by atoms with Crippen LogP contribution < -0.4 is 0 Å². The van der Waals surface area contributed by atoms with Crippen molar-refractivity contribution in [1.29, 1.82) is 0 Å². The first-order chi connectivity index (χ1) is 8.59. The van der Waals surface area contributed by atoms with Crippen LogP contribution in [0.1, 0.15) is 40.0 Å². The molecule has 1 aliphatic carbocycles. The lowest BCUT2D eigenvalue weighted by atomic mass is 9.76. The highest BCUT2D eigenvalue weighted by Gasteiger charge is 2.51. The van der Waals surface area contributed by atoms with Gasteiger partial charge in [-0.25, -0.2) is 0 Å². The molecule has 1 aromatic carbocycles. The van der Waals surface area contributed by atoms with Crippen LogP contribution in [0.25, 0.3) is 0 Å². The molecular formula is C13H12BrNO3. The molecule has 0 atom stereocenters. The molecule has 4 nitrogen and oxygen atoms in total. The maximum Gasteiger partial charge on any atom is 0.262 e. The van der Waals surface area contributed by atoms with Crippen molar-refractivity contribution < 1.29 is 14.7 Å². The molecule has 1 fully saturated rings. The minimum Gasteiger partial charge on any atom is -0.394 e. The maximum absolute atomic E-state index is 12.3. The standard InChI is InChI=1S/C13H12BrNO3/c14-8-2-3-9-10(6-8)12(18)15(11(9)17)13(7-16)4-1-5-13/h2-3,6,16H,1,4-5,7H2. The lowest BCUT2D eigenvalue weighted by molar-refractivity contribution is -0.00643. The van der Waals surface area contributed by atoms with Gasteiger partial charge in [0.15, 0.2) is 0 Å². The number of carbonyl (C=O) groups excluding carboxylic acids is 2. The molecule has 1 N–H and O–H groups in total. The van der Waals surface area contributed by atoms with Crippen LogP contribution in [0.2, 0.25) is 0 Å². The van der Waals surface area contributed by atoms with Crippen LogP contribution in [0, 0.1) is 0 Å². The Morgan fingerprint density at radius 2 is 1.89 bits per heavy atom. The second-order valence-electron chi connectivity index (χ2n) is 4.87. The van der Waals surface area contributed by atoms with Crippen molar-refractivity contribution in [3.05, 3.63) is 33.8 Å². The van der Waals surface area contributed by atoms with E-state index in [4.69, 9.17) is 0 Å². The Balaban J connectivity index is 2.07. The Morgan fingerprint density at radius 3 is 2.44 bits per heavy atom. The zero-order valence-corrected chi connectivity index (χ0v) is 11.2. The lowest BCUT2D eigenvalue weighted by Crippen LogP contribution is -2.58. The molecule has 5 heteroatoms. The predicted octanol–water partition coefficient (Wildman–Crippen LogP) is 1.96. The predicted molar refractivity (Wildman–Crippen MR) is 68.3 cm³/mol. The maximum atomic E-state index is 12.3. The van der Waals surface area contributed by atoms with Gasteiger partial charge in [0.25, 0.3) is 11.8 Å². The molecule has 0 unspecified atom stereocenters. The van der Waals surface area contributed by atoms with Crippen LogP contribution >= 0.6 is 15.9 Å². The largest absolute Gasteiger partial charge is 0.394 e. The third-order valence-corrected chi connectivity index (χ3v) is 4.39. The Labute approximate surface area is 113 Å². The first kappa shape index (κ1) is 11.9. The first-order valence-electron chi connectivity index (χ1n) is 5.88. The normalized spacial score (nSPS) is 20.9. The minimum absolute atomic E-state index is 0.153. The van der Waals surface area contributed by atoms with E-state index in [-0.39, 0.29) is 18.4 Å². The number of rotatable bonds is 2. The number of aliphatic hydroxyl groups excluding tert-OH is 1. The molecule has 0 radical (unpaired) electrons. The van der Waals surface area contributed by atoms with E-state index in [0.717, 1.165) is 10.9 Å². The molecule has 94 valence electrons. The second-order valence-corrected chi connectivity index (χ2v) is 5.79. The molecular weight excluding hydrogens is 298 g/mol. The molecule has 1 heterocycles. The van der Waals surface area contributed by atoms with Crippen LogP contribution in [0.5, 0.6) is 0 Å². The fraction of sp³-hybridized carbons (Fsp3) is 0.385. The third-order valence-electron chi connectivity index (χ3n) is 3.90. The van der Waals surface area contributed by atoms with Gasteiger partial charge in [0.2, 0.25) is 0 Å². The number of imide groups is 1. The number of amides is 2. The van der Waals surface area contributed by atoms with E-state index in [0.29, 0.717) is 24.0 Å². The van der Waals surface area contributed by atoms with Crippen molar-refractivity contribution in [1.82, 2.24) is 4.90 Å². The third kappa shape index (κ3) is 1.40. The Kier molecular flexibility index (Phi) is 2.57. The number of halogens is 1. The van der Waals surface area contributed by atoms with Crippen molar-refractivity contribution in [2.45, 2.75) is 24.8 Å². The molecule has 0 spiro atoms. The molecule has 1 aliphatic heterocycles. The van der Waals surface area contributed by atoms with E-state index in [9.17, 15) is 14.7 Å². The molecule has 0 aromatic heterocycles. The summed E-state index contributed by atoms with van der Waals surface area (Å²) in [6.07, 6.45) is 2.32. The van der Waals surface area contributed by atoms with Crippen molar-refractivity contribution in [3.63, 3.8) is 0 Å². The Hall–Kier alpha value is -1.20. The van der Waals surface area contributed by atoms with Gasteiger partial charge >= 0.3 is 0 Å². The molecule has 2 amide bonds. The van der Waals surface area contributed by atoms with Crippen molar-refractivity contribution in [3.8, 4) is 0 Å². The fourth-order valence-corrected chi connectivity index (χ4v) is 3.04. The number of hydrogen-bond donors (Lipinski definition) is 1. The highest BCUT2D eigenvalue weighted by molar-refractivity contribution is 9.10. The number of fused-ring (bicyclic) bond motifs is 1. The molecule has 18 heavy (non-hydrogen) atoms. The van der Waals surface area contributed by atoms with E-state index >= 15 is 0 Å². The van der Waals surface area contributed by atoms with Crippen LogP contribution in [0.3, 0.4) is 0 Å². The summed E-state index contributed by atoms with van der Waals surface area (Å²) in [6.45, 7) is -0.153. The van der Waals surface area contributed by atoms with Gasteiger partial charge in [-0.2, -0.15) is 0 Å². The highest BCUT2D eigenvalue weighted by Crippen LogP contribution is 2.42. The fourth-order valence-electron chi connectivity index (χ4n) is 2.68. The summed E-state index contributed by atoms with van der Waals surface area (Å²) in [4.78, 5) is 25.9. The lowest BCUT2D eigenvalue weighted by Gasteiger charge is -2.46. The number of aliphatic hydroxyl groups is 1. The monoisotopic (exact) mass is 309 g/mol. The number of carbonyl (C=O) groups is 2. The summed E-state index contributed by atoms with van der Waals surface area (Å²) in [7, 11) is 0. The van der Waals surface area contributed by atoms with E-state index in [1.807, 2.05) is 0 Å². The molecule has 2 aliphatic rings. The topological polar surface area (TPSA) is 57.6 Å². The molecule has 3 rings (SSSR count). The number of benzene rings is 1. The van der Waals surface area contributed by atoms with Crippen molar-refractivity contribution in [2.75, 3.05) is 6.61 Å². The van der Waals surface area contributed by atoms with Crippen LogP contribution in [0.15, 0.2) is 22.7 Å². The summed E-state index contributed by atoms with van der Waals surface area (Å²) in [5, 5.41) is 9.51. The van der Waals surface area contributed by atoms with Crippen LogP contribution in [-0.4, -0.2) is 34.0 Å². The van der Waals surface area contributed by atoms with Gasteiger partial charge in [0.05, 0.1) is 23.3 Å². The highest BCUT2D eigenvalue weighted by atomic mass is 79.9. The summed E-state index contributed by atoms with van der Waals surface area (Å²) < 4.78 is 0.774. The van der Waals surface area contributed by atoms with Gasteiger partial charge in [0.1, 0.15) is 0 Å². The minimum atomic E-state index is -0.667. The van der Waals surface area contributed by atoms with Gasteiger partial charge in [-0.1, -0.05) is 15.9 Å². The van der Waals surface area contributed by atoms with Crippen molar-refractivity contribution >= 4 is 27.7 Å². The van der Waals surface area contributed by atoms with Gasteiger partial charge in [-0.3, -0.25) is 14.5 Å². The average Bonchev–Trinajstić information content (AvgIpc) is 2.54. The number of hydrogen-bond acceptors (Lipinski definition) is 3. The summed E-state index contributed by atoms with van der Waals surface area (Å²) in [6, 6.07) is 5.07. The van der Waals surface area contributed by atoms with E-state index in [1.54, 1.807) is 18.2 Å². The van der Waals surface area contributed by atoms with Crippen LogP contribution in [0.4, 0.5) is 0 Å². The van der Waals surface area contributed by atoms with Gasteiger partial charge in [0, 0.05) is 4.47 Å². The van der Waals surface area contributed by atoms with Gasteiger partial charge < -0.3 is 5.11 Å². The SMILES string of the molecule is O=C1c2ccc(Br)cc2C(=O)N1C1(CO)CCC1. The van der Waals surface area contributed by atoms with E-state index in [2.05, 4.69) is 15.9 Å². The number of nitrogens with zero attached hydrogens (tertiary/aromatic N) is 1. The Morgan fingerprint density at radius 1 is 1.22 bits per heavy atom. The zero-order chi connectivity index (χ0) is 12.9. The van der Waals surface area contributed by atoms with Gasteiger partial charge in [-0.05, 0) is 37.5 Å². The molecule has 0 bridgehead atoms. The van der Waals surface area contributed by atoms with E-state index < -0.39 is 5.54 Å². The molecule has 0 saturated heterocycles. The quantitative estimate of drug-likeness (QED) is 0.850. The van der Waals surface area contributed by atoms with Crippen LogP contribution in [-0.2, 0) is 0 Å².